The molecule has 0 bridgehead atoms. The van der Waals surface area contributed by atoms with Crippen LogP contribution in [0.2, 0.25) is 0 Å². The van der Waals surface area contributed by atoms with Gasteiger partial charge in [0.05, 0.1) is 11.8 Å². The summed E-state index contributed by atoms with van der Waals surface area (Å²) in [7, 11) is 0. The maximum Gasteiger partial charge on any atom is 0.358 e. The zero-order valence-electron chi connectivity index (χ0n) is 10.9. The smallest absolute Gasteiger partial charge is 0.247 e. The molecule has 0 aromatic heterocycles. The first-order chi connectivity index (χ1) is 7.27. The third-order valence-corrected chi connectivity index (χ3v) is 2.95. The van der Waals surface area contributed by atoms with Crippen LogP contribution in [0.3, 0.4) is 0 Å². The van der Waals surface area contributed by atoms with Gasteiger partial charge in [0.25, 0.3) is 0 Å². The van der Waals surface area contributed by atoms with Crippen LogP contribution in [-0.4, -0.2) is 11.9 Å². The van der Waals surface area contributed by atoms with Gasteiger partial charge in [-0.25, -0.2) is 19.4 Å². The Bertz CT molecular complexity index is 219. The van der Waals surface area contributed by atoms with E-state index in [0.29, 0.717) is 0 Å². The van der Waals surface area contributed by atoms with Crippen molar-refractivity contribution in [3.05, 3.63) is 0 Å². The number of rotatable bonds is 4. The van der Waals surface area contributed by atoms with E-state index in [4.69, 9.17) is 0 Å². The van der Waals surface area contributed by atoms with Crippen LogP contribution in [0.1, 0.15) is 41.5 Å². The molecule has 0 fully saturated rings. The molecule has 0 spiro atoms. The minimum atomic E-state index is -0.501. The van der Waals surface area contributed by atoms with Gasteiger partial charge in [0.15, 0.2) is 0 Å². The summed E-state index contributed by atoms with van der Waals surface area (Å²) in [4.78, 5) is 31.8. The van der Waals surface area contributed by atoms with Gasteiger partial charge in [-0.2, -0.15) is 0 Å². The number of carbonyl (C=O) groups excluding carboxylic acids is 2. The van der Waals surface area contributed by atoms with Crippen LogP contribution in [0.5, 0.6) is 0 Å². The average Bonchev–Trinajstić information content (AvgIpc) is 2.22. The van der Waals surface area contributed by atoms with Crippen LogP contribution < -0.4 is 0 Å². The lowest BCUT2D eigenvalue weighted by Crippen LogP contribution is -2.25. The highest BCUT2D eigenvalue weighted by molar-refractivity contribution is 5.75. The molecular weight excluding hydrogens is 208 g/mol. The van der Waals surface area contributed by atoms with Crippen molar-refractivity contribution < 1.29 is 19.4 Å². The van der Waals surface area contributed by atoms with Gasteiger partial charge in [0.2, 0.25) is 0 Å². The van der Waals surface area contributed by atoms with Gasteiger partial charge in [-0.3, -0.25) is 0 Å². The number of hydrogen-bond donors (Lipinski definition) is 0. The second kappa shape index (κ2) is 6.51. The largest absolute Gasteiger partial charge is 0.358 e. The van der Waals surface area contributed by atoms with Crippen molar-refractivity contribution >= 4 is 11.9 Å². The Kier molecular flexibility index (Phi) is 6.08. The van der Waals surface area contributed by atoms with Gasteiger partial charge in [-0.1, -0.05) is 41.5 Å². The standard InChI is InChI=1S/C12H22O4/c1-7(2)9(5)11(13)15-16-12(14)10(6)8(3)4/h7-10H,1-6H3. The minimum absolute atomic E-state index is 0.161. The van der Waals surface area contributed by atoms with Crippen LogP contribution in [0, 0.1) is 23.7 Å². The maximum absolute atomic E-state index is 11.4. The molecule has 0 aromatic carbocycles. The first kappa shape index (κ1) is 14.9. The molecule has 0 aliphatic carbocycles. The summed E-state index contributed by atoms with van der Waals surface area (Å²) in [6.45, 7) is 11.1. The molecule has 0 saturated heterocycles. The summed E-state index contributed by atoms with van der Waals surface area (Å²) in [6, 6.07) is 0. The SMILES string of the molecule is CC(C)C(C)C(=O)OOC(=O)C(C)C(C)C. The second-order valence-electron chi connectivity index (χ2n) is 4.87. The highest BCUT2D eigenvalue weighted by Crippen LogP contribution is 2.14. The molecule has 0 amide bonds. The summed E-state index contributed by atoms with van der Waals surface area (Å²) in [5.74, 6) is -1.23. The first-order valence-electron chi connectivity index (χ1n) is 5.69. The van der Waals surface area contributed by atoms with E-state index in [1.54, 1.807) is 13.8 Å². The summed E-state index contributed by atoms with van der Waals surface area (Å²) in [6.07, 6.45) is 0. The molecule has 0 aliphatic rings. The molecule has 0 saturated carbocycles. The Morgan fingerprint density at radius 3 is 1.12 bits per heavy atom. The van der Waals surface area contributed by atoms with E-state index in [9.17, 15) is 9.59 Å². The molecule has 0 heterocycles. The molecule has 0 rings (SSSR count). The molecule has 2 unspecified atom stereocenters. The van der Waals surface area contributed by atoms with Gasteiger partial charge in [-0.15, -0.1) is 0 Å². The number of carbonyl (C=O) groups is 2. The van der Waals surface area contributed by atoms with Crippen molar-refractivity contribution in [2.45, 2.75) is 41.5 Å². The summed E-state index contributed by atoms with van der Waals surface area (Å²) >= 11 is 0. The van der Waals surface area contributed by atoms with E-state index in [2.05, 4.69) is 9.78 Å². The first-order valence-corrected chi connectivity index (χ1v) is 5.69. The second-order valence-corrected chi connectivity index (χ2v) is 4.87. The van der Waals surface area contributed by atoms with Crippen molar-refractivity contribution in [1.82, 2.24) is 0 Å². The van der Waals surface area contributed by atoms with Crippen LogP contribution in [0.25, 0.3) is 0 Å². The van der Waals surface area contributed by atoms with Gasteiger partial charge in [0, 0.05) is 0 Å². The topological polar surface area (TPSA) is 52.6 Å². The Balaban J connectivity index is 4.07. The lowest BCUT2D eigenvalue weighted by molar-refractivity contribution is -0.266. The van der Waals surface area contributed by atoms with Crippen molar-refractivity contribution in [1.29, 1.82) is 0 Å². The fourth-order valence-corrected chi connectivity index (χ4v) is 0.778. The van der Waals surface area contributed by atoms with Gasteiger partial charge < -0.3 is 0 Å². The van der Waals surface area contributed by atoms with E-state index >= 15 is 0 Å². The van der Waals surface area contributed by atoms with E-state index in [0.717, 1.165) is 0 Å². The van der Waals surface area contributed by atoms with E-state index in [1.807, 2.05) is 27.7 Å². The molecule has 4 nitrogen and oxygen atoms in total. The molecule has 0 N–H and O–H groups in total. The highest BCUT2D eigenvalue weighted by Gasteiger charge is 2.24. The van der Waals surface area contributed by atoms with Crippen LogP contribution in [0.15, 0.2) is 0 Å². The quantitative estimate of drug-likeness (QED) is 0.550. The zero-order valence-corrected chi connectivity index (χ0v) is 10.9. The Morgan fingerprint density at radius 1 is 0.688 bits per heavy atom. The summed E-state index contributed by atoms with van der Waals surface area (Å²) in [5.41, 5.74) is 0. The van der Waals surface area contributed by atoms with Crippen molar-refractivity contribution in [2.75, 3.05) is 0 Å². The molecular formula is C12H22O4. The van der Waals surface area contributed by atoms with Gasteiger partial charge in [0.1, 0.15) is 0 Å². The van der Waals surface area contributed by atoms with E-state index in [1.165, 1.54) is 0 Å². The van der Waals surface area contributed by atoms with Crippen molar-refractivity contribution in [3.8, 4) is 0 Å². The van der Waals surface area contributed by atoms with Crippen LogP contribution >= 0.6 is 0 Å². The zero-order chi connectivity index (χ0) is 12.9. The molecule has 16 heavy (non-hydrogen) atoms. The molecule has 2 atom stereocenters. The Morgan fingerprint density at radius 2 is 0.938 bits per heavy atom. The molecule has 0 radical (unpaired) electrons. The fourth-order valence-electron chi connectivity index (χ4n) is 0.778. The van der Waals surface area contributed by atoms with E-state index in [-0.39, 0.29) is 23.7 Å². The van der Waals surface area contributed by atoms with E-state index < -0.39 is 11.9 Å². The lowest BCUT2D eigenvalue weighted by Gasteiger charge is -2.15. The fraction of sp³-hybridized carbons (Fsp3) is 0.833. The third-order valence-electron chi connectivity index (χ3n) is 2.95. The number of hydrogen-bond acceptors (Lipinski definition) is 4. The minimum Gasteiger partial charge on any atom is -0.247 e. The monoisotopic (exact) mass is 230 g/mol. The Hall–Kier alpha value is -1.06. The molecule has 4 heteroatoms. The predicted molar refractivity (Wildman–Crippen MR) is 60.2 cm³/mol. The summed E-state index contributed by atoms with van der Waals surface area (Å²) < 4.78 is 0. The molecule has 0 aromatic rings. The van der Waals surface area contributed by atoms with Gasteiger partial charge >= 0.3 is 11.9 Å². The lowest BCUT2D eigenvalue weighted by atomic mass is 9.98. The third kappa shape index (κ3) is 4.64. The molecule has 94 valence electrons. The van der Waals surface area contributed by atoms with Crippen LogP contribution in [-0.2, 0) is 19.4 Å². The molecule has 0 aliphatic heterocycles. The average molecular weight is 230 g/mol. The van der Waals surface area contributed by atoms with Crippen molar-refractivity contribution in [3.63, 3.8) is 0 Å². The maximum atomic E-state index is 11.4. The Labute approximate surface area is 97.2 Å². The normalized spacial score (nSPS) is 14.8. The van der Waals surface area contributed by atoms with Crippen molar-refractivity contribution in [2.24, 2.45) is 23.7 Å². The highest BCUT2D eigenvalue weighted by atomic mass is 17.2. The van der Waals surface area contributed by atoms with Crippen LogP contribution in [0.4, 0.5) is 0 Å². The van der Waals surface area contributed by atoms with Gasteiger partial charge in [-0.05, 0) is 11.8 Å². The predicted octanol–water partition coefficient (Wildman–Crippen LogP) is 2.57. The summed E-state index contributed by atoms with van der Waals surface area (Å²) in [5, 5.41) is 0.